The third-order valence-electron chi connectivity index (χ3n) is 3.67. The molecule has 2 nitrogen and oxygen atoms in total. The van der Waals surface area contributed by atoms with E-state index in [0.29, 0.717) is 16.8 Å². The number of nitrogens with zero attached hydrogens (tertiary/aromatic N) is 1. The number of halogens is 2. The molecule has 0 atom stereocenters. The lowest BCUT2D eigenvalue weighted by molar-refractivity contribution is -0.0000124. The van der Waals surface area contributed by atoms with Gasteiger partial charge in [0, 0.05) is 22.2 Å². The van der Waals surface area contributed by atoms with E-state index in [1.807, 2.05) is 38.1 Å². The summed E-state index contributed by atoms with van der Waals surface area (Å²) in [5.41, 5.74) is 3.55. The molecule has 0 aliphatic carbocycles. The smallest absolute Gasteiger partial charge is 0.195 e. The zero-order valence-corrected chi connectivity index (χ0v) is 13.0. The molecule has 0 fully saturated rings. The van der Waals surface area contributed by atoms with Crippen molar-refractivity contribution >= 4 is 16.7 Å². The average molecular weight is 315 g/mol. The number of benzene rings is 2. The molecule has 0 spiro atoms. The summed E-state index contributed by atoms with van der Waals surface area (Å²) in [5.74, 6) is -0.472. The Balaban J connectivity index is 0.00000176. The summed E-state index contributed by atoms with van der Waals surface area (Å²) in [6, 6.07) is 13.4. The molecule has 3 aromatic rings. The Hall–Kier alpha value is -2.26. The van der Waals surface area contributed by atoms with Crippen molar-refractivity contribution < 1.29 is 21.6 Å². The van der Waals surface area contributed by atoms with Crippen LogP contribution < -0.4 is 12.4 Å². The second-order valence-corrected chi connectivity index (χ2v) is 5.05. The first-order valence-corrected chi connectivity index (χ1v) is 6.74. The molecule has 1 heterocycles. The van der Waals surface area contributed by atoms with E-state index in [0.717, 1.165) is 16.5 Å². The normalized spacial score (nSPS) is 10.3. The third kappa shape index (κ3) is 2.72. The van der Waals surface area contributed by atoms with Crippen molar-refractivity contribution in [1.29, 1.82) is 0 Å². The minimum absolute atomic E-state index is 0. The van der Waals surface area contributed by atoms with E-state index in [2.05, 4.69) is 4.98 Å². The number of pyridine rings is 1. The number of fused-ring (bicyclic) bond motifs is 1. The van der Waals surface area contributed by atoms with Crippen molar-refractivity contribution in [2.75, 3.05) is 0 Å². The zero-order chi connectivity index (χ0) is 15.0. The second-order valence-electron chi connectivity index (χ2n) is 5.05. The van der Waals surface area contributed by atoms with Crippen molar-refractivity contribution in [2.45, 2.75) is 13.8 Å². The molecule has 0 saturated carbocycles. The molecule has 112 valence electrons. The quantitative estimate of drug-likeness (QED) is 0.666. The highest BCUT2D eigenvalue weighted by atomic mass is 35.5. The van der Waals surface area contributed by atoms with Crippen LogP contribution in [0.4, 0.5) is 4.39 Å². The highest BCUT2D eigenvalue weighted by molar-refractivity contribution is 6.12. The number of carbonyl (C=O) groups excluding carboxylic acids is 1. The molecule has 1 aromatic heterocycles. The van der Waals surface area contributed by atoms with E-state index in [1.54, 1.807) is 0 Å². The van der Waals surface area contributed by atoms with E-state index < -0.39 is 0 Å². The maximum absolute atomic E-state index is 13.0. The van der Waals surface area contributed by atoms with Crippen molar-refractivity contribution in [2.24, 2.45) is 0 Å². The minimum Gasteiger partial charge on any atom is -1.00 e. The van der Waals surface area contributed by atoms with Crippen LogP contribution in [-0.2, 0) is 0 Å². The third-order valence-corrected chi connectivity index (χ3v) is 3.67. The fourth-order valence-corrected chi connectivity index (χ4v) is 2.61. The van der Waals surface area contributed by atoms with E-state index >= 15 is 0 Å². The number of ketones is 1. The maximum Gasteiger partial charge on any atom is 0.195 e. The molecule has 0 unspecified atom stereocenters. The summed E-state index contributed by atoms with van der Waals surface area (Å²) in [6.07, 6.45) is 0. The lowest BCUT2D eigenvalue weighted by Gasteiger charge is -2.11. The summed E-state index contributed by atoms with van der Waals surface area (Å²) in [5, 5.41) is 0.966. The van der Waals surface area contributed by atoms with Gasteiger partial charge >= 0.3 is 0 Å². The lowest BCUT2D eigenvalue weighted by Crippen LogP contribution is -3.00. The topological polar surface area (TPSA) is 30.0 Å². The molecular formula is C18H14ClFNO-. The van der Waals surface area contributed by atoms with Crippen LogP contribution in [0.5, 0.6) is 0 Å². The van der Waals surface area contributed by atoms with Crippen LogP contribution in [0.1, 0.15) is 27.2 Å². The first kappa shape index (κ1) is 16.1. The summed E-state index contributed by atoms with van der Waals surface area (Å²) in [7, 11) is 0. The average Bonchev–Trinajstić information content (AvgIpc) is 2.48. The number of para-hydroxylation sites is 1. The SMILES string of the molecule is Cc1nc2ccccc2c(C)c1C(=O)c1ccc(F)cc1.[Cl-]. The van der Waals surface area contributed by atoms with Gasteiger partial charge in [-0.1, -0.05) is 18.2 Å². The number of rotatable bonds is 2. The highest BCUT2D eigenvalue weighted by Crippen LogP contribution is 2.24. The highest BCUT2D eigenvalue weighted by Gasteiger charge is 2.17. The van der Waals surface area contributed by atoms with Crippen LogP contribution in [0.3, 0.4) is 0 Å². The molecule has 22 heavy (non-hydrogen) atoms. The summed E-state index contributed by atoms with van der Waals surface area (Å²) >= 11 is 0. The van der Waals surface area contributed by atoms with Gasteiger partial charge in [0.25, 0.3) is 0 Å². The molecule has 0 N–H and O–H groups in total. The Bertz CT molecular complexity index is 844. The van der Waals surface area contributed by atoms with Crippen LogP contribution in [-0.4, -0.2) is 10.8 Å². The van der Waals surface area contributed by atoms with Crippen molar-refractivity contribution in [3.05, 3.63) is 76.7 Å². The van der Waals surface area contributed by atoms with E-state index in [9.17, 15) is 9.18 Å². The minimum atomic E-state index is -0.350. The summed E-state index contributed by atoms with van der Waals surface area (Å²) in [4.78, 5) is 17.2. The van der Waals surface area contributed by atoms with Crippen LogP contribution >= 0.6 is 0 Å². The predicted octanol–water partition coefficient (Wildman–Crippen LogP) is 1.23. The van der Waals surface area contributed by atoms with Crippen molar-refractivity contribution in [1.82, 2.24) is 4.98 Å². The molecule has 0 amide bonds. The Morgan fingerprint density at radius 3 is 2.32 bits per heavy atom. The number of aromatic nitrogens is 1. The van der Waals surface area contributed by atoms with Crippen LogP contribution in [0.2, 0.25) is 0 Å². The largest absolute Gasteiger partial charge is 1.00 e. The molecule has 0 aliphatic heterocycles. The van der Waals surface area contributed by atoms with Gasteiger partial charge in [-0.15, -0.1) is 0 Å². The van der Waals surface area contributed by atoms with Gasteiger partial charge in [-0.3, -0.25) is 9.78 Å². The summed E-state index contributed by atoms with van der Waals surface area (Å²) in [6.45, 7) is 3.75. The number of aryl methyl sites for hydroxylation is 2. The van der Waals surface area contributed by atoms with Gasteiger partial charge in [-0.05, 0) is 49.7 Å². The van der Waals surface area contributed by atoms with E-state index in [4.69, 9.17) is 0 Å². The van der Waals surface area contributed by atoms with Gasteiger partial charge in [0.1, 0.15) is 5.82 Å². The van der Waals surface area contributed by atoms with Crippen LogP contribution in [0.15, 0.2) is 48.5 Å². The molecule has 4 heteroatoms. The molecule has 3 rings (SSSR count). The predicted molar refractivity (Wildman–Crippen MR) is 81.0 cm³/mol. The summed E-state index contributed by atoms with van der Waals surface area (Å²) < 4.78 is 13.0. The molecule has 0 bridgehead atoms. The van der Waals surface area contributed by atoms with Crippen molar-refractivity contribution in [3.8, 4) is 0 Å². The lowest BCUT2D eigenvalue weighted by atomic mass is 9.95. The fraction of sp³-hybridized carbons (Fsp3) is 0.111. The number of hydrogen-bond acceptors (Lipinski definition) is 2. The number of hydrogen-bond donors (Lipinski definition) is 0. The molecule has 0 aliphatic rings. The first-order valence-electron chi connectivity index (χ1n) is 6.74. The van der Waals surface area contributed by atoms with Gasteiger partial charge in [-0.2, -0.15) is 0 Å². The monoisotopic (exact) mass is 314 g/mol. The van der Waals surface area contributed by atoms with Gasteiger partial charge in [-0.25, -0.2) is 4.39 Å². The van der Waals surface area contributed by atoms with Gasteiger partial charge in [0.15, 0.2) is 5.78 Å². The Kier molecular flexibility index (Phi) is 4.57. The number of carbonyl (C=O) groups is 1. The Morgan fingerprint density at radius 1 is 1.00 bits per heavy atom. The van der Waals surface area contributed by atoms with Crippen LogP contribution in [0, 0.1) is 19.7 Å². The molecule has 0 radical (unpaired) electrons. The zero-order valence-electron chi connectivity index (χ0n) is 12.2. The Morgan fingerprint density at radius 2 is 1.64 bits per heavy atom. The first-order chi connectivity index (χ1) is 10.1. The van der Waals surface area contributed by atoms with Gasteiger partial charge < -0.3 is 12.4 Å². The maximum atomic E-state index is 13.0. The molecule has 0 saturated heterocycles. The molecule has 2 aromatic carbocycles. The fourth-order valence-electron chi connectivity index (χ4n) is 2.61. The standard InChI is InChI=1S/C18H14FNO.ClH/c1-11-15-5-3-4-6-16(15)20-12(2)17(11)18(21)13-7-9-14(19)10-8-13;/h3-10H,1-2H3;1H/p-1. The van der Waals surface area contributed by atoms with E-state index in [1.165, 1.54) is 24.3 Å². The van der Waals surface area contributed by atoms with Crippen LogP contribution in [0.25, 0.3) is 10.9 Å². The second kappa shape index (κ2) is 6.24. The van der Waals surface area contributed by atoms with E-state index in [-0.39, 0.29) is 24.0 Å². The molecular weight excluding hydrogens is 301 g/mol. The Labute approximate surface area is 134 Å². The van der Waals surface area contributed by atoms with Gasteiger partial charge in [0.05, 0.1) is 5.52 Å². The van der Waals surface area contributed by atoms with Gasteiger partial charge in [0.2, 0.25) is 0 Å². The van der Waals surface area contributed by atoms with Crippen molar-refractivity contribution in [3.63, 3.8) is 0 Å².